The molecule has 0 aromatic heterocycles. The van der Waals surface area contributed by atoms with E-state index in [0.29, 0.717) is 5.56 Å². The van der Waals surface area contributed by atoms with Crippen molar-refractivity contribution in [3.63, 3.8) is 0 Å². The highest BCUT2D eigenvalue weighted by Gasteiger charge is 2.16. The Balaban J connectivity index is 2.45. The normalized spacial score (nSPS) is 11.6. The maximum atomic E-state index is 11.8. The molecular weight excluding hydrogens is 222 g/mol. The number of carbonyl (C=O) groups is 2. The molecule has 1 unspecified atom stereocenters. The van der Waals surface area contributed by atoms with Crippen LogP contribution in [-0.4, -0.2) is 24.6 Å². The van der Waals surface area contributed by atoms with Gasteiger partial charge in [0.25, 0.3) is 0 Å². The van der Waals surface area contributed by atoms with Crippen LogP contribution in [0.5, 0.6) is 0 Å². The molecule has 0 heterocycles. The zero-order valence-electron chi connectivity index (χ0n) is 9.80. The molecule has 5 nitrogen and oxygen atoms in total. The third-order valence-corrected chi connectivity index (χ3v) is 2.02. The van der Waals surface area contributed by atoms with E-state index in [1.165, 1.54) is 0 Å². The average molecular weight is 237 g/mol. The number of Topliss-reactive ketones (excluding diaryl/α,β-unsaturated/α-hetero) is 1. The van der Waals surface area contributed by atoms with Crippen LogP contribution in [0, 0.1) is 0 Å². The number of nitrogens with one attached hydrogen (secondary N) is 1. The van der Waals surface area contributed by atoms with E-state index in [2.05, 4.69) is 10.2 Å². The molecule has 0 bridgehead atoms. The fourth-order valence-corrected chi connectivity index (χ4v) is 1.19. The second-order valence-electron chi connectivity index (χ2n) is 3.31. The van der Waals surface area contributed by atoms with Crippen LogP contribution in [0.1, 0.15) is 24.2 Å². The first-order chi connectivity index (χ1) is 8.15. The lowest BCUT2D eigenvalue weighted by atomic mass is 10.1. The van der Waals surface area contributed by atoms with Gasteiger partial charge in [0.15, 0.2) is 5.78 Å². The van der Waals surface area contributed by atoms with E-state index in [9.17, 15) is 9.59 Å². The standard InChI is InChI=1S/C12H15NO4/c1-3-16-12(15)13-17-9(2)11(14)10-7-5-4-6-8-10/h4-9H,3H2,1-2H3,(H,13,15). The number of rotatable bonds is 5. The minimum absolute atomic E-state index is 0.206. The third-order valence-electron chi connectivity index (χ3n) is 2.02. The van der Waals surface area contributed by atoms with Crippen LogP contribution in [0.4, 0.5) is 4.79 Å². The molecule has 0 saturated carbocycles. The molecule has 92 valence electrons. The second-order valence-corrected chi connectivity index (χ2v) is 3.31. The number of hydroxylamine groups is 1. The van der Waals surface area contributed by atoms with E-state index in [4.69, 9.17) is 4.84 Å². The summed E-state index contributed by atoms with van der Waals surface area (Å²) in [7, 11) is 0. The minimum Gasteiger partial charge on any atom is -0.448 e. The van der Waals surface area contributed by atoms with E-state index in [0.717, 1.165) is 0 Å². The van der Waals surface area contributed by atoms with Gasteiger partial charge in [-0.3, -0.25) is 9.63 Å². The number of benzene rings is 1. The lowest BCUT2D eigenvalue weighted by Gasteiger charge is -2.11. The Bertz CT molecular complexity index is 377. The molecule has 1 N–H and O–H groups in total. The first kappa shape index (κ1) is 13.2. The number of ether oxygens (including phenoxy) is 1. The zero-order chi connectivity index (χ0) is 12.7. The molecule has 17 heavy (non-hydrogen) atoms. The van der Waals surface area contributed by atoms with Gasteiger partial charge in [0.2, 0.25) is 0 Å². The average Bonchev–Trinajstić information content (AvgIpc) is 2.36. The van der Waals surface area contributed by atoms with Crippen LogP contribution in [0.3, 0.4) is 0 Å². The van der Waals surface area contributed by atoms with Crippen LogP contribution < -0.4 is 5.48 Å². The molecule has 1 aromatic rings. The van der Waals surface area contributed by atoms with Crippen molar-refractivity contribution in [2.24, 2.45) is 0 Å². The summed E-state index contributed by atoms with van der Waals surface area (Å²) >= 11 is 0. The molecule has 0 radical (unpaired) electrons. The summed E-state index contributed by atoms with van der Waals surface area (Å²) in [5, 5.41) is 0. The molecule has 0 fully saturated rings. The van der Waals surface area contributed by atoms with Crippen molar-refractivity contribution in [2.75, 3.05) is 6.61 Å². The summed E-state index contributed by atoms with van der Waals surface area (Å²) in [6.45, 7) is 3.48. The van der Waals surface area contributed by atoms with E-state index < -0.39 is 12.2 Å². The quantitative estimate of drug-likeness (QED) is 0.627. The molecule has 1 rings (SSSR count). The maximum Gasteiger partial charge on any atom is 0.431 e. The van der Waals surface area contributed by atoms with Gasteiger partial charge in [-0.15, -0.1) is 0 Å². The van der Waals surface area contributed by atoms with Crippen molar-refractivity contribution in [3.8, 4) is 0 Å². The Morgan fingerprint density at radius 3 is 2.53 bits per heavy atom. The molecule has 1 atom stereocenters. The smallest absolute Gasteiger partial charge is 0.431 e. The minimum atomic E-state index is -0.762. The Kier molecular flexibility index (Phi) is 5.16. The van der Waals surface area contributed by atoms with Crippen molar-refractivity contribution < 1.29 is 19.2 Å². The highest BCUT2D eigenvalue weighted by atomic mass is 16.7. The number of ketones is 1. The number of amides is 1. The zero-order valence-corrected chi connectivity index (χ0v) is 9.80. The maximum absolute atomic E-state index is 11.8. The molecular formula is C12H15NO4. The van der Waals surface area contributed by atoms with Crippen LogP contribution in [0.25, 0.3) is 0 Å². The Morgan fingerprint density at radius 1 is 1.29 bits per heavy atom. The molecule has 1 aromatic carbocycles. The summed E-state index contributed by atoms with van der Waals surface area (Å²) in [6, 6.07) is 8.72. The fourth-order valence-electron chi connectivity index (χ4n) is 1.19. The summed E-state index contributed by atoms with van der Waals surface area (Å²) in [6.07, 6.45) is -1.47. The Hall–Kier alpha value is -1.88. The van der Waals surface area contributed by atoms with Gasteiger partial charge in [0.05, 0.1) is 6.61 Å². The predicted molar refractivity (Wildman–Crippen MR) is 61.5 cm³/mol. The van der Waals surface area contributed by atoms with Crippen molar-refractivity contribution in [2.45, 2.75) is 20.0 Å². The predicted octanol–water partition coefficient (Wildman–Crippen LogP) is 1.94. The molecule has 0 aliphatic heterocycles. The summed E-state index contributed by atoms with van der Waals surface area (Å²) in [4.78, 5) is 27.6. The van der Waals surface area contributed by atoms with Gasteiger partial charge < -0.3 is 4.74 Å². The van der Waals surface area contributed by atoms with Crippen LogP contribution >= 0.6 is 0 Å². The Morgan fingerprint density at radius 2 is 1.94 bits per heavy atom. The third kappa shape index (κ3) is 4.24. The van der Waals surface area contributed by atoms with Crippen LogP contribution in [-0.2, 0) is 9.57 Å². The van der Waals surface area contributed by atoms with Gasteiger partial charge in [0.1, 0.15) is 6.10 Å². The molecule has 0 saturated heterocycles. The first-order valence-electron chi connectivity index (χ1n) is 5.32. The molecule has 5 heteroatoms. The van der Waals surface area contributed by atoms with Crippen LogP contribution in [0.15, 0.2) is 30.3 Å². The number of hydrogen-bond acceptors (Lipinski definition) is 4. The van der Waals surface area contributed by atoms with Crippen molar-refractivity contribution in [1.82, 2.24) is 5.48 Å². The van der Waals surface area contributed by atoms with Gasteiger partial charge in [-0.05, 0) is 13.8 Å². The number of hydrogen-bond donors (Lipinski definition) is 1. The van der Waals surface area contributed by atoms with Crippen molar-refractivity contribution >= 4 is 11.9 Å². The first-order valence-corrected chi connectivity index (χ1v) is 5.32. The molecule has 1 amide bonds. The molecule has 0 spiro atoms. The largest absolute Gasteiger partial charge is 0.448 e. The molecule has 0 aliphatic carbocycles. The van der Waals surface area contributed by atoms with Crippen molar-refractivity contribution in [1.29, 1.82) is 0 Å². The lowest BCUT2D eigenvalue weighted by molar-refractivity contribution is -0.00596. The van der Waals surface area contributed by atoms with Gasteiger partial charge >= 0.3 is 6.09 Å². The van der Waals surface area contributed by atoms with Crippen LogP contribution in [0.2, 0.25) is 0 Å². The van der Waals surface area contributed by atoms with Gasteiger partial charge in [0, 0.05) is 5.56 Å². The second kappa shape index (κ2) is 6.65. The summed E-state index contributed by atoms with van der Waals surface area (Å²) < 4.78 is 4.59. The summed E-state index contributed by atoms with van der Waals surface area (Å²) in [5.41, 5.74) is 2.59. The lowest BCUT2D eigenvalue weighted by Crippen LogP contribution is -2.33. The van der Waals surface area contributed by atoms with Crippen molar-refractivity contribution in [3.05, 3.63) is 35.9 Å². The highest BCUT2D eigenvalue weighted by molar-refractivity contribution is 5.99. The monoisotopic (exact) mass is 237 g/mol. The van der Waals surface area contributed by atoms with Gasteiger partial charge in [-0.1, -0.05) is 30.3 Å². The van der Waals surface area contributed by atoms with Gasteiger partial charge in [-0.25, -0.2) is 4.79 Å². The fraction of sp³-hybridized carbons (Fsp3) is 0.333. The Labute approximate surface area is 99.7 Å². The SMILES string of the molecule is CCOC(=O)NOC(C)C(=O)c1ccccc1. The van der Waals surface area contributed by atoms with Gasteiger partial charge in [-0.2, -0.15) is 5.48 Å². The van der Waals surface area contributed by atoms with E-state index in [-0.39, 0.29) is 12.4 Å². The van der Waals surface area contributed by atoms with E-state index in [1.54, 1.807) is 38.1 Å². The molecule has 0 aliphatic rings. The van der Waals surface area contributed by atoms with E-state index in [1.807, 2.05) is 6.07 Å². The van der Waals surface area contributed by atoms with E-state index >= 15 is 0 Å². The topological polar surface area (TPSA) is 64.6 Å². The summed E-state index contributed by atoms with van der Waals surface area (Å²) in [5.74, 6) is -0.206. The number of carbonyl (C=O) groups excluding carboxylic acids is 2. The highest BCUT2D eigenvalue weighted by Crippen LogP contribution is 2.04.